The van der Waals surface area contributed by atoms with Crippen molar-refractivity contribution in [3.63, 3.8) is 0 Å². The first-order valence-electron chi connectivity index (χ1n) is 6.60. The van der Waals surface area contributed by atoms with Gasteiger partial charge in [0.25, 0.3) is 5.91 Å². The number of rotatable bonds is 4. The molecule has 4 N–H and O–H groups in total. The fourth-order valence-electron chi connectivity index (χ4n) is 1.42. The molecule has 0 radical (unpaired) electrons. The number of Topliss-reactive ketones (excluding diaryl/α,β-unsaturated/α-hetero) is 1. The fraction of sp³-hybridized carbons (Fsp3) is 0.400. The monoisotopic (exact) mass is 291 g/mol. The lowest BCUT2D eigenvalue weighted by Crippen LogP contribution is -2.29. The Morgan fingerprint density at radius 2 is 1.81 bits per heavy atom. The molecule has 0 fully saturated rings. The summed E-state index contributed by atoms with van der Waals surface area (Å²) in [5.41, 5.74) is 6.31. The standard InChI is InChI=1S/C15H21N3O3/c1-9(19)8-17-13(20)10-5-6-11(16)12(7-10)18-14(21)15(2,3)4/h5-7H,8,16H2,1-4H3,(H,17,20)(H,18,21). The number of hydrogen-bond donors (Lipinski definition) is 3. The van der Waals surface area contributed by atoms with Gasteiger partial charge >= 0.3 is 0 Å². The van der Waals surface area contributed by atoms with E-state index < -0.39 is 11.3 Å². The zero-order valence-corrected chi connectivity index (χ0v) is 12.7. The second-order valence-electron chi connectivity index (χ2n) is 5.89. The van der Waals surface area contributed by atoms with Crippen LogP contribution in [0, 0.1) is 5.41 Å². The van der Waals surface area contributed by atoms with Gasteiger partial charge in [0.2, 0.25) is 5.91 Å². The number of hydrogen-bond acceptors (Lipinski definition) is 4. The third-order valence-electron chi connectivity index (χ3n) is 2.74. The van der Waals surface area contributed by atoms with E-state index in [4.69, 9.17) is 5.73 Å². The van der Waals surface area contributed by atoms with Crippen molar-refractivity contribution < 1.29 is 14.4 Å². The Morgan fingerprint density at radius 1 is 1.19 bits per heavy atom. The maximum absolute atomic E-state index is 12.0. The first-order valence-corrected chi connectivity index (χ1v) is 6.60. The van der Waals surface area contributed by atoms with E-state index in [9.17, 15) is 14.4 Å². The van der Waals surface area contributed by atoms with Crippen LogP contribution in [0.5, 0.6) is 0 Å². The lowest BCUT2D eigenvalue weighted by atomic mass is 9.95. The van der Waals surface area contributed by atoms with Gasteiger partial charge in [-0.3, -0.25) is 14.4 Å². The third-order valence-corrected chi connectivity index (χ3v) is 2.74. The van der Waals surface area contributed by atoms with Crippen LogP contribution in [0.1, 0.15) is 38.1 Å². The number of nitrogens with two attached hydrogens (primary N) is 1. The van der Waals surface area contributed by atoms with Crippen molar-refractivity contribution >= 4 is 29.0 Å². The summed E-state index contributed by atoms with van der Waals surface area (Å²) in [7, 11) is 0. The lowest BCUT2D eigenvalue weighted by molar-refractivity contribution is -0.123. The number of benzene rings is 1. The summed E-state index contributed by atoms with van der Waals surface area (Å²) in [4.78, 5) is 34.7. The molecule has 21 heavy (non-hydrogen) atoms. The minimum Gasteiger partial charge on any atom is -0.397 e. The summed E-state index contributed by atoms with van der Waals surface area (Å²) < 4.78 is 0. The molecule has 6 nitrogen and oxygen atoms in total. The molecule has 114 valence electrons. The second-order valence-corrected chi connectivity index (χ2v) is 5.89. The van der Waals surface area contributed by atoms with Crippen LogP contribution in [0.25, 0.3) is 0 Å². The van der Waals surface area contributed by atoms with Crippen LogP contribution in [-0.2, 0) is 9.59 Å². The van der Waals surface area contributed by atoms with Crippen molar-refractivity contribution in [2.45, 2.75) is 27.7 Å². The number of anilines is 2. The number of ketones is 1. The first kappa shape index (κ1) is 16.7. The van der Waals surface area contributed by atoms with Crippen molar-refractivity contribution in [1.82, 2.24) is 5.32 Å². The molecule has 0 saturated heterocycles. The van der Waals surface area contributed by atoms with E-state index >= 15 is 0 Å². The van der Waals surface area contributed by atoms with Crippen molar-refractivity contribution in [3.05, 3.63) is 23.8 Å². The predicted molar refractivity (Wildman–Crippen MR) is 82.0 cm³/mol. The van der Waals surface area contributed by atoms with Gasteiger partial charge in [0, 0.05) is 11.0 Å². The van der Waals surface area contributed by atoms with E-state index in [0.29, 0.717) is 16.9 Å². The van der Waals surface area contributed by atoms with Crippen molar-refractivity contribution in [2.75, 3.05) is 17.6 Å². The van der Waals surface area contributed by atoms with Crippen molar-refractivity contribution in [3.8, 4) is 0 Å². The van der Waals surface area contributed by atoms with E-state index in [2.05, 4.69) is 10.6 Å². The Hall–Kier alpha value is -2.37. The molecule has 0 aliphatic rings. The van der Waals surface area contributed by atoms with E-state index in [1.54, 1.807) is 26.8 Å². The topological polar surface area (TPSA) is 101 Å². The van der Waals surface area contributed by atoms with Gasteiger partial charge in [0.1, 0.15) is 5.78 Å². The highest BCUT2D eigenvalue weighted by atomic mass is 16.2. The van der Waals surface area contributed by atoms with E-state index in [0.717, 1.165) is 0 Å². The number of nitrogens with one attached hydrogen (secondary N) is 2. The van der Waals surface area contributed by atoms with E-state index in [1.807, 2.05) is 0 Å². The van der Waals surface area contributed by atoms with Gasteiger partial charge in [-0.1, -0.05) is 20.8 Å². The SMILES string of the molecule is CC(=O)CNC(=O)c1ccc(N)c(NC(=O)C(C)(C)C)c1. The molecule has 6 heteroatoms. The maximum atomic E-state index is 12.0. The van der Waals surface area contributed by atoms with E-state index in [-0.39, 0.29) is 18.2 Å². The van der Waals surface area contributed by atoms with Crippen LogP contribution in [-0.4, -0.2) is 24.1 Å². The second kappa shape index (κ2) is 6.39. The van der Waals surface area contributed by atoms with Gasteiger partial charge in [-0.15, -0.1) is 0 Å². The molecule has 0 saturated carbocycles. The van der Waals surface area contributed by atoms with Crippen LogP contribution in [0.15, 0.2) is 18.2 Å². The van der Waals surface area contributed by atoms with Crippen LogP contribution in [0.2, 0.25) is 0 Å². The van der Waals surface area contributed by atoms with Crippen LogP contribution in [0.4, 0.5) is 11.4 Å². The third kappa shape index (κ3) is 4.91. The minimum absolute atomic E-state index is 0.0348. The summed E-state index contributed by atoms with van der Waals surface area (Å²) in [6.07, 6.45) is 0. The molecule has 2 amide bonds. The van der Waals surface area contributed by atoms with Crippen molar-refractivity contribution in [2.24, 2.45) is 5.41 Å². The number of carbonyl (C=O) groups is 3. The Kier molecular flexibility index (Phi) is 5.07. The smallest absolute Gasteiger partial charge is 0.251 e. The quantitative estimate of drug-likeness (QED) is 0.733. The molecule has 0 bridgehead atoms. The Labute approximate surface area is 124 Å². The molecular formula is C15H21N3O3. The van der Waals surface area contributed by atoms with Gasteiger partial charge < -0.3 is 16.4 Å². The zero-order chi connectivity index (χ0) is 16.2. The zero-order valence-electron chi connectivity index (χ0n) is 12.7. The largest absolute Gasteiger partial charge is 0.397 e. The minimum atomic E-state index is -0.570. The Bertz CT molecular complexity index is 574. The molecule has 0 atom stereocenters. The number of nitrogen functional groups attached to an aromatic ring is 1. The molecule has 0 spiro atoms. The van der Waals surface area contributed by atoms with Crippen LogP contribution < -0.4 is 16.4 Å². The molecule has 1 aromatic rings. The summed E-state index contributed by atoms with van der Waals surface area (Å²) in [5.74, 6) is -0.730. The Balaban J connectivity index is 2.92. The van der Waals surface area contributed by atoms with Gasteiger partial charge in [0.15, 0.2) is 0 Å². The summed E-state index contributed by atoms with van der Waals surface area (Å²) in [6.45, 7) is 6.69. The highest BCUT2D eigenvalue weighted by Crippen LogP contribution is 2.23. The highest BCUT2D eigenvalue weighted by molar-refractivity contribution is 6.01. The molecule has 0 unspecified atom stereocenters. The molecule has 0 aliphatic heterocycles. The van der Waals surface area contributed by atoms with Gasteiger partial charge in [0.05, 0.1) is 17.9 Å². The molecular weight excluding hydrogens is 270 g/mol. The molecule has 1 rings (SSSR count). The maximum Gasteiger partial charge on any atom is 0.251 e. The van der Waals surface area contributed by atoms with Gasteiger partial charge in [-0.2, -0.15) is 0 Å². The first-order chi connectivity index (χ1) is 9.61. The highest BCUT2D eigenvalue weighted by Gasteiger charge is 2.22. The average molecular weight is 291 g/mol. The number of carbonyl (C=O) groups excluding carboxylic acids is 3. The Morgan fingerprint density at radius 3 is 2.33 bits per heavy atom. The number of amides is 2. The molecule has 1 aromatic carbocycles. The average Bonchev–Trinajstić information content (AvgIpc) is 2.37. The molecule has 0 aromatic heterocycles. The normalized spacial score (nSPS) is 10.9. The van der Waals surface area contributed by atoms with Gasteiger partial charge in [-0.05, 0) is 25.1 Å². The molecule has 0 aliphatic carbocycles. The van der Waals surface area contributed by atoms with Crippen LogP contribution in [0.3, 0.4) is 0 Å². The van der Waals surface area contributed by atoms with Crippen molar-refractivity contribution in [1.29, 1.82) is 0 Å². The van der Waals surface area contributed by atoms with Gasteiger partial charge in [-0.25, -0.2) is 0 Å². The summed E-state index contributed by atoms with van der Waals surface area (Å²) in [5, 5.41) is 5.19. The lowest BCUT2D eigenvalue weighted by Gasteiger charge is -2.19. The fourth-order valence-corrected chi connectivity index (χ4v) is 1.42. The summed E-state index contributed by atoms with van der Waals surface area (Å²) >= 11 is 0. The predicted octanol–water partition coefficient (Wildman–Crippen LogP) is 1.57. The van der Waals surface area contributed by atoms with E-state index in [1.165, 1.54) is 19.1 Å². The molecule has 0 heterocycles. The summed E-state index contributed by atoms with van der Waals surface area (Å²) in [6, 6.07) is 4.58. The van der Waals surface area contributed by atoms with Crippen LogP contribution >= 0.6 is 0 Å².